The molecule has 1 amide bonds. The lowest BCUT2D eigenvalue weighted by atomic mass is 10.1. The molecule has 0 aliphatic heterocycles. The van der Waals surface area contributed by atoms with Crippen LogP contribution < -0.4 is 10.1 Å². The summed E-state index contributed by atoms with van der Waals surface area (Å²) in [4.78, 5) is 42.8. The lowest BCUT2D eigenvalue weighted by Crippen LogP contribution is -2.17. The zero-order valence-corrected chi connectivity index (χ0v) is 22.5. The van der Waals surface area contributed by atoms with Crippen LogP contribution in [-0.2, 0) is 15.7 Å². The van der Waals surface area contributed by atoms with E-state index < -0.39 is 29.7 Å². The van der Waals surface area contributed by atoms with E-state index in [9.17, 15) is 27.6 Å². The van der Waals surface area contributed by atoms with Crippen LogP contribution in [0.4, 0.5) is 18.2 Å². The molecule has 210 valence electrons. The number of hydrogen-bond donors (Lipinski definition) is 1. The Balaban J connectivity index is 1.81. The number of anilines is 1. The van der Waals surface area contributed by atoms with Crippen molar-refractivity contribution in [3.05, 3.63) is 63.8 Å². The number of hydrogen-bond acceptors (Lipinski definition) is 9. The lowest BCUT2D eigenvalue weighted by molar-refractivity contribution is -0.142. The number of methoxy groups -OCH3 is 1. The normalized spacial score (nSPS) is 11.4. The summed E-state index contributed by atoms with van der Waals surface area (Å²) in [6.07, 6.45) is -3.87. The van der Waals surface area contributed by atoms with Crippen molar-refractivity contribution in [2.45, 2.75) is 26.9 Å². The number of alkyl halides is 3. The Hall–Kier alpha value is -4.46. The molecule has 0 radical (unpaired) electrons. The summed E-state index contributed by atoms with van der Waals surface area (Å²) in [7, 11) is 1.45. The molecule has 4 rings (SSSR count). The van der Waals surface area contributed by atoms with E-state index >= 15 is 0 Å². The van der Waals surface area contributed by atoms with E-state index in [0.29, 0.717) is 15.8 Å². The number of rotatable bonds is 8. The molecule has 0 aliphatic carbocycles. The Labute approximate surface area is 229 Å². The van der Waals surface area contributed by atoms with E-state index in [1.165, 1.54) is 26.2 Å². The second-order valence-electron chi connectivity index (χ2n) is 8.20. The van der Waals surface area contributed by atoms with Gasteiger partial charge in [0.05, 0.1) is 37.8 Å². The summed E-state index contributed by atoms with van der Waals surface area (Å²) in [6, 6.07) is 7.03. The SMILES string of the molecule is CCOC(=O)c1sc(NC(=O)c2cnn3c(C(F)(F)F)cc(-c4ccc(OC)cc4)nc23)c(C(=O)OCC)c1C. The summed E-state index contributed by atoms with van der Waals surface area (Å²) >= 11 is 0.783. The fourth-order valence-corrected chi connectivity index (χ4v) is 4.93. The zero-order chi connectivity index (χ0) is 29.2. The van der Waals surface area contributed by atoms with Crippen molar-refractivity contribution in [3.8, 4) is 17.0 Å². The van der Waals surface area contributed by atoms with Crippen molar-refractivity contribution in [1.29, 1.82) is 0 Å². The molecule has 0 bridgehead atoms. The number of carbonyl (C=O) groups excluding carboxylic acids is 3. The number of nitrogens with one attached hydrogen (secondary N) is 1. The van der Waals surface area contributed by atoms with E-state index in [4.69, 9.17) is 14.2 Å². The zero-order valence-electron chi connectivity index (χ0n) is 21.7. The first-order chi connectivity index (χ1) is 19.0. The van der Waals surface area contributed by atoms with Crippen molar-refractivity contribution in [3.63, 3.8) is 0 Å². The second kappa shape index (κ2) is 11.3. The standard InChI is InChI=1S/C26H23F3N4O6S/c1-5-38-24(35)19-13(3)20(25(36)39-6-2)40-23(19)32-22(34)16-12-30-33-18(26(27,28)29)11-17(31-21(16)33)14-7-9-15(37-4)10-8-14/h7-12H,5-6H2,1-4H3,(H,32,34). The molecular formula is C26H23F3N4O6S. The van der Waals surface area contributed by atoms with E-state index in [1.807, 2.05) is 0 Å². The van der Waals surface area contributed by atoms with Gasteiger partial charge in [0, 0.05) is 5.56 Å². The summed E-state index contributed by atoms with van der Waals surface area (Å²) in [5.41, 5.74) is -1.35. The Bertz CT molecular complexity index is 1590. The maximum atomic E-state index is 14.0. The van der Waals surface area contributed by atoms with Crippen LogP contribution in [0.1, 0.15) is 55.5 Å². The molecule has 14 heteroatoms. The molecule has 0 spiro atoms. The second-order valence-corrected chi connectivity index (χ2v) is 9.22. The molecule has 0 saturated carbocycles. The van der Waals surface area contributed by atoms with Crippen molar-refractivity contribution < 1.29 is 41.8 Å². The smallest absolute Gasteiger partial charge is 0.433 e. The highest BCUT2D eigenvalue weighted by Gasteiger charge is 2.36. The summed E-state index contributed by atoms with van der Waals surface area (Å²) in [6.45, 7) is 4.82. The molecule has 0 unspecified atom stereocenters. The van der Waals surface area contributed by atoms with Crippen molar-refractivity contribution in [2.24, 2.45) is 0 Å². The van der Waals surface area contributed by atoms with Gasteiger partial charge in [0.2, 0.25) is 0 Å². The van der Waals surface area contributed by atoms with Crippen LogP contribution in [0.15, 0.2) is 36.5 Å². The molecule has 1 N–H and O–H groups in total. The predicted molar refractivity (Wildman–Crippen MR) is 139 cm³/mol. The maximum Gasteiger partial charge on any atom is 0.433 e. The molecule has 0 atom stereocenters. The summed E-state index contributed by atoms with van der Waals surface area (Å²) < 4.78 is 57.7. The van der Waals surface area contributed by atoms with E-state index in [1.54, 1.807) is 26.0 Å². The molecule has 0 fully saturated rings. The van der Waals surface area contributed by atoms with Gasteiger partial charge in [0.1, 0.15) is 21.2 Å². The summed E-state index contributed by atoms with van der Waals surface area (Å²) in [5.74, 6) is -1.89. The number of thiophene rings is 1. The van der Waals surface area contributed by atoms with Crippen LogP contribution in [0, 0.1) is 6.92 Å². The Morgan fingerprint density at radius 2 is 1.70 bits per heavy atom. The van der Waals surface area contributed by atoms with Crippen molar-refractivity contribution in [2.75, 3.05) is 25.6 Å². The molecule has 1 aromatic carbocycles. The Kier molecular flexibility index (Phi) is 8.09. The lowest BCUT2D eigenvalue weighted by Gasteiger charge is -2.12. The molecular weight excluding hydrogens is 553 g/mol. The summed E-state index contributed by atoms with van der Waals surface area (Å²) in [5, 5.41) is 6.24. The molecule has 0 saturated heterocycles. The van der Waals surface area contributed by atoms with Gasteiger partial charge in [-0.2, -0.15) is 18.3 Å². The quantitative estimate of drug-likeness (QED) is 0.277. The Morgan fingerprint density at radius 1 is 1.05 bits per heavy atom. The first-order valence-electron chi connectivity index (χ1n) is 11.9. The number of fused-ring (bicyclic) bond motifs is 1. The number of nitrogens with zero attached hydrogens (tertiary/aromatic N) is 3. The van der Waals surface area contributed by atoms with Gasteiger partial charge < -0.3 is 19.5 Å². The van der Waals surface area contributed by atoms with Gasteiger partial charge in [-0.15, -0.1) is 11.3 Å². The minimum absolute atomic E-state index is 0.0303. The van der Waals surface area contributed by atoms with Crippen molar-refractivity contribution >= 4 is 39.8 Å². The van der Waals surface area contributed by atoms with Crippen LogP contribution in [0.3, 0.4) is 0 Å². The van der Waals surface area contributed by atoms with Crippen LogP contribution >= 0.6 is 11.3 Å². The fourth-order valence-electron chi connectivity index (χ4n) is 3.85. The third kappa shape index (κ3) is 5.47. The van der Waals surface area contributed by atoms with Gasteiger partial charge >= 0.3 is 18.1 Å². The number of carbonyl (C=O) groups is 3. The largest absolute Gasteiger partial charge is 0.497 e. The number of esters is 2. The van der Waals surface area contributed by atoms with Gasteiger partial charge in [-0.05, 0) is 56.7 Å². The van der Waals surface area contributed by atoms with E-state index in [-0.39, 0.29) is 51.1 Å². The maximum absolute atomic E-state index is 14.0. The van der Waals surface area contributed by atoms with Crippen LogP contribution in [0.5, 0.6) is 5.75 Å². The molecule has 3 aromatic heterocycles. The third-order valence-electron chi connectivity index (χ3n) is 5.71. The minimum Gasteiger partial charge on any atom is -0.497 e. The van der Waals surface area contributed by atoms with Gasteiger partial charge in [-0.3, -0.25) is 4.79 Å². The van der Waals surface area contributed by atoms with Gasteiger partial charge in [-0.1, -0.05) is 0 Å². The van der Waals surface area contributed by atoms with Crippen LogP contribution in [-0.4, -0.2) is 52.8 Å². The topological polar surface area (TPSA) is 121 Å². The highest BCUT2D eigenvalue weighted by atomic mass is 32.1. The van der Waals surface area contributed by atoms with Gasteiger partial charge in [0.25, 0.3) is 5.91 Å². The highest BCUT2D eigenvalue weighted by molar-refractivity contribution is 7.18. The number of ether oxygens (including phenoxy) is 3. The molecule has 40 heavy (non-hydrogen) atoms. The Morgan fingerprint density at radius 3 is 2.30 bits per heavy atom. The molecule has 0 aliphatic rings. The molecule has 4 aromatic rings. The average molecular weight is 577 g/mol. The molecule has 10 nitrogen and oxygen atoms in total. The third-order valence-corrected chi connectivity index (χ3v) is 6.89. The number of aromatic nitrogens is 3. The van der Waals surface area contributed by atoms with Gasteiger partial charge in [-0.25, -0.2) is 19.1 Å². The first-order valence-corrected chi connectivity index (χ1v) is 12.7. The fraction of sp³-hybridized carbons (Fsp3) is 0.269. The number of benzene rings is 1. The van der Waals surface area contributed by atoms with E-state index in [0.717, 1.165) is 23.6 Å². The van der Waals surface area contributed by atoms with Crippen LogP contribution in [0.2, 0.25) is 0 Å². The first kappa shape index (κ1) is 28.5. The van der Waals surface area contributed by atoms with Gasteiger partial charge in [0.15, 0.2) is 11.3 Å². The van der Waals surface area contributed by atoms with Crippen molar-refractivity contribution in [1.82, 2.24) is 14.6 Å². The van der Waals surface area contributed by atoms with E-state index in [2.05, 4.69) is 15.4 Å². The predicted octanol–water partition coefficient (Wildman–Crippen LogP) is 5.40. The van der Waals surface area contributed by atoms with Crippen LogP contribution in [0.25, 0.3) is 16.9 Å². The molecule has 3 heterocycles. The number of amides is 1. The highest BCUT2D eigenvalue weighted by Crippen LogP contribution is 2.36. The monoisotopic (exact) mass is 576 g/mol. The minimum atomic E-state index is -4.82. The average Bonchev–Trinajstić information content (AvgIpc) is 3.48. The number of halogens is 3.